The molecular formula is C21H25N3O3. The van der Waals surface area contributed by atoms with E-state index >= 15 is 0 Å². The van der Waals surface area contributed by atoms with Gasteiger partial charge in [-0.15, -0.1) is 0 Å². The third-order valence-electron chi connectivity index (χ3n) is 5.23. The molecule has 0 unspecified atom stereocenters. The zero-order chi connectivity index (χ0) is 19.0. The molecule has 0 aliphatic carbocycles. The molecule has 2 aliphatic rings. The second-order valence-electron chi connectivity index (χ2n) is 7.50. The zero-order valence-corrected chi connectivity index (χ0v) is 15.8. The van der Waals surface area contributed by atoms with Gasteiger partial charge in [0.2, 0.25) is 0 Å². The highest BCUT2D eigenvalue weighted by atomic mass is 16.5. The third kappa shape index (κ3) is 3.76. The summed E-state index contributed by atoms with van der Waals surface area (Å²) in [7, 11) is 0. The van der Waals surface area contributed by atoms with Gasteiger partial charge in [-0.1, -0.05) is 6.07 Å². The van der Waals surface area contributed by atoms with Gasteiger partial charge in [-0.3, -0.25) is 4.79 Å². The first-order valence-corrected chi connectivity index (χ1v) is 9.46. The topological polar surface area (TPSA) is 65.9 Å². The first-order chi connectivity index (χ1) is 13.0. The molecule has 142 valence electrons. The number of nitrogens with zero attached hydrogens (tertiary/aromatic N) is 3. The molecule has 1 saturated heterocycles. The highest BCUT2D eigenvalue weighted by Gasteiger charge is 2.25. The van der Waals surface area contributed by atoms with E-state index in [1.54, 1.807) is 18.3 Å². The SMILES string of the molecule is C[C@@H]1CN(c2ccc(C(=O)N3CCc4ccc(O)cc4C3)cn2)C[C@H](C)O1. The van der Waals surface area contributed by atoms with Gasteiger partial charge in [0.05, 0.1) is 17.8 Å². The number of phenolic OH excluding ortho intramolecular Hbond substituents is 1. The summed E-state index contributed by atoms with van der Waals surface area (Å²) >= 11 is 0. The van der Waals surface area contributed by atoms with Gasteiger partial charge in [-0.25, -0.2) is 4.98 Å². The van der Waals surface area contributed by atoms with Crippen molar-refractivity contribution in [3.05, 3.63) is 53.2 Å². The van der Waals surface area contributed by atoms with Crippen molar-refractivity contribution in [2.45, 2.75) is 39.0 Å². The number of pyridine rings is 1. The lowest BCUT2D eigenvalue weighted by Gasteiger charge is -2.36. The Hall–Kier alpha value is -2.60. The van der Waals surface area contributed by atoms with Crippen molar-refractivity contribution in [3.63, 3.8) is 0 Å². The van der Waals surface area contributed by atoms with Gasteiger partial charge in [0.1, 0.15) is 11.6 Å². The van der Waals surface area contributed by atoms with E-state index in [2.05, 4.69) is 23.7 Å². The monoisotopic (exact) mass is 367 g/mol. The average molecular weight is 367 g/mol. The number of carbonyl (C=O) groups excluding carboxylic acids is 1. The zero-order valence-electron chi connectivity index (χ0n) is 15.8. The molecule has 1 fully saturated rings. The molecule has 4 rings (SSSR count). The minimum Gasteiger partial charge on any atom is -0.508 e. The molecular weight excluding hydrogens is 342 g/mol. The maximum Gasteiger partial charge on any atom is 0.255 e. The molecule has 6 heteroatoms. The van der Waals surface area contributed by atoms with E-state index in [1.807, 2.05) is 23.1 Å². The minimum absolute atomic E-state index is 0.0215. The van der Waals surface area contributed by atoms with Gasteiger partial charge < -0.3 is 19.6 Å². The summed E-state index contributed by atoms with van der Waals surface area (Å²) in [4.78, 5) is 21.4. The standard InChI is InChI=1S/C21H25N3O3/c1-14-11-24(12-15(2)27-14)20-6-4-17(10-22-20)21(26)23-8-7-16-3-5-19(25)9-18(16)13-23/h3-6,9-10,14-15,25H,7-8,11-13H2,1-2H3/t14-,15+. The predicted molar refractivity (Wildman–Crippen MR) is 103 cm³/mol. The fourth-order valence-corrected chi connectivity index (χ4v) is 3.96. The molecule has 2 aliphatic heterocycles. The van der Waals surface area contributed by atoms with Gasteiger partial charge in [0.25, 0.3) is 5.91 Å². The highest BCUT2D eigenvalue weighted by molar-refractivity contribution is 5.94. The Labute approximate surface area is 159 Å². The average Bonchev–Trinajstić information content (AvgIpc) is 2.66. The maximum absolute atomic E-state index is 12.9. The number of aromatic nitrogens is 1. The molecule has 27 heavy (non-hydrogen) atoms. The molecule has 0 saturated carbocycles. The Morgan fingerprint density at radius 1 is 1.15 bits per heavy atom. The number of carbonyl (C=O) groups is 1. The van der Waals surface area contributed by atoms with Gasteiger partial charge in [-0.05, 0) is 55.7 Å². The Morgan fingerprint density at radius 2 is 1.93 bits per heavy atom. The van der Waals surface area contributed by atoms with Crippen LogP contribution in [0, 0.1) is 0 Å². The van der Waals surface area contributed by atoms with Crippen LogP contribution >= 0.6 is 0 Å². The number of aromatic hydroxyl groups is 1. The number of benzene rings is 1. The van der Waals surface area contributed by atoms with Crippen molar-refractivity contribution in [2.75, 3.05) is 24.5 Å². The number of anilines is 1. The number of fused-ring (bicyclic) bond motifs is 1. The number of hydrogen-bond acceptors (Lipinski definition) is 5. The van der Waals surface area contributed by atoms with Crippen LogP contribution < -0.4 is 4.90 Å². The van der Waals surface area contributed by atoms with E-state index in [1.165, 1.54) is 5.56 Å². The lowest BCUT2D eigenvalue weighted by Crippen LogP contribution is -2.45. The quantitative estimate of drug-likeness (QED) is 0.884. The normalized spacial score (nSPS) is 22.4. The van der Waals surface area contributed by atoms with Crippen molar-refractivity contribution in [2.24, 2.45) is 0 Å². The smallest absolute Gasteiger partial charge is 0.255 e. The summed E-state index contributed by atoms with van der Waals surface area (Å²) in [6, 6.07) is 9.16. The number of morpholine rings is 1. The summed E-state index contributed by atoms with van der Waals surface area (Å²) in [5, 5.41) is 9.69. The molecule has 6 nitrogen and oxygen atoms in total. The van der Waals surface area contributed by atoms with Crippen molar-refractivity contribution < 1.29 is 14.6 Å². The van der Waals surface area contributed by atoms with Crippen molar-refractivity contribution in [3.8, 4) is 5.75 Å². The third-order valence-corrected chi connectivity index (χ3v) is 5.23. The molecule has 1 aromatic heterocycles. The van der Waals surface area contributed by atoms with Gasteiger partial charge in [0.15, 0.2) is 0 Å². The van der Waals surface area contributed by atoms with E-state index in [9.17, 15) is 9.90 Å². The van der Waals surface area contributed by atoms with Crippen molar-refractivity contribution in [1.29, 1.82) is 0 Å². The Bertz CT molecular complexity index is 827. The lowest BCUT2D eigenvalue weighted by molar-refractivity contribution is -0.00546. The van der Waals surface area contributed by atoms with Crippen LogP contribution in [0.25, 0.3) is 0 Å². The maximum atomic E-state index is 12.9. The summed E-state index contributed by atoms with van der Waals surface area (Å²) in [5.74, 6) is 1.09. The second-order valence-corrected chi connectivity index (χ2v) is 7.50. The number of ether oxygens (including phenoxy) is 1. The van der Waals surface area contributed by atoms with Crippen LogP contribution in [-0.2, 0) is 17.7 Å². The molecule has 3 heterocycles. The van der Waals surface area contributed by atoms with Crippen LogP contribution in [0.15, 0.2) is 36.5 Å². The van der Waals surface area contributed by atoms with Crippen LogP contribution in [0.4, 0.5) is 5.82 Å². The van der Waals surface area contributed by atoms with E-state index < -0.39 is 0 Å². The number of rotatable bonds is 2. The Balaban J connectivity index is 1.47. The minimum atomic E-state index is -0.0215. The molecule has 1 amide bonds. The first-order valence-electron chi connectivity index (χ1n) is 9.46. The van der Waals surface area contributed by atoms with Crippen molar-refractivity contribution in [1.82, 2.24) is 9.88 Å². The van der Waals surface area contributed by atoms with Crippen molar-refractivity contribution >= 4 is 11.7 Å². The predicted octanol–water partition coefficient (Wildman–Crippen LogP) is 2.60. The molecule has 0 radical (unpaired) electrons. The fourth-order valence-electron chi connectivity index (χ4n) is 3.96. The Morgan fingerprint density at radius 3 is 2.63 bits per heavy atom. The van der Waals surface area contributed by atoms with Crippen LogP contribution in [0.2, 0.25) is 0 Å². The van der Waals surface area contributed by atoms with Gasteiger partial charge in [-0.2, -0.15) is 0 Å². The van der Waals surface area contributed by atoms with Crippen LogP contribution in [0.3, 0.4) is 0 Å². The summed E-state index contributed by atoms with van der Waals surface area (Å²) in [6.45, 7) is 6.92. The number of amides is 1. The molecule has 0 bridgehead atoms. The van der Waals surface area contributed by atoms with E-state index in [4.69, 9.17) is 4.74 Å². The van der Waals surface area contributed by atoms with Gasteiger partial charge in [0, 0.05) is 32.4 Å². The van der Waals surface area contributed by atoms with Crippen LogP contribution in [0.1, 0.15) is 35.3 Å². The molecule has 1 aromatic carbocycles. The largest absolute Gasteiger partial charge is 0.508 e. The fraction of sp³-hybridized carbons (Fsp3) is 0.429. The first kappa shape index (κ1) is 17.8. The molecule has 0 spiro atoms. The number of phenols is 1. The van der Waals surface area contributed by atoms with Crippen LogP contribution in [0.5, 0.6) is 5.75 Å². The molecule has 2 aromatic rings. The summed E-state index contributed by atoms with van der Waals surface area (Å²) in [5.41, 5.74) is 2.80. The van der Waals surface area contributed by atoms with E-state index in [0.29, 0.717) is 18.7 Å². The molecule has 1 N–H and O–H groups in total. The van der Waals surface area contributed by atoms with E-state index in [0.717, 1.165) is 30.9 Å². The Kier molecular flexibility index (Phi) is 4.74. The second kappa shape index (κ2) is 7.19. The number of hydrogen-bond donors (Lipinski definition) is 1. The van der Waals surface area contributed by atoms with Gasteiger partial charge >= 0.3 is 0 Å². The van der Waals surface area contributed by atoms with Crippen LogP contribution in [-0.4, -0.2) is 52.7 Å². The molecule has 2 atom stereocenters. The van der Waals surface area contributed by atoms with E-state index in [-0.39, 0.29) is 23.9 Å². The highest BCUT2D eigenvalue weighted by Crippen LogP contribution is 2.25. The lowest BCUT2D eigenvalue weighted by atomic mass is 9.99. The summed E-state index contributed by atoms with van der Waals surface area (Å²) < 4.78 is 5.77. The summed E-state index contributed by atoms with van der Waals surface area (Å²) in [6.07, 6.45) is 2.81.